The number of aromatic nitrogens is 2. The Hall–Kier alpha value is -2.81. The monoisotopic (exact) mass is 430 g/mol. The average molecular weight is 431 g/mol. The summed E-state index contributed by atoms with van der Waals surface area (Å²) in [4.78, 5) is 11.4. The molecule has 2 atom stereocenters. The Bertz CT molecular complexity index is 840. The zero-order valence-electron chi connectivity index (χ0n) is 18.9. The Kier molecular flexibility index (Phi) is 8.52. The fourth-order valence-corrected chi connectivity index (χ4v) is 3.69. The molecule has 2 heterocycles. The third-order valence-corrected chi connectivity index (χ3v) is 5.17. The molecule has 0 aliphatic carbocycles. The summed E-state index contributed by atoms with van der Waals surface area (Å²) in [6.07, 6.45) is 1.98. The van der Waals surface area contributed by atoms with Crippen LogP contribution in [-0.2, 0) is 11.3 Å². The second-order valence-electron chi connectivity index (χ2n) is 7.44. The lowest BCUT2D eigenvalue weighted by Gasteiger charge is -2.36. The molecule has 1 saturated heterocycles. The van der Waals surface area contributed by atoms with Crippen LogP contribution in [-0.4, -0.2) is 55.5 Å². The number of guanidine groups is 1. The molecule has 0 radical (unpaired) electrons. The molecule has 1 fully saturated rings. The minimum Gasteiger partial charge on any atom is -0.495 e. The first-order valence-corrected chi connectivity index (χ1v) is 11.0. The van der Waals surface area contributed by atoms with Crippen LogP contribution in [0.4, 0.5) is 5.69 Å². The van der Waals surface area contributed by atoms with Gasteiger partial charge in [-0.2, -0.15) is 4.98 Å². The highest BCUT2D eigenvalue weighted by atomic mass is 16.5. The van der Waals surface area contributed by atoms with E-state index >= 15 is 0 Å². The normalized spacial score (nSPS) is 18.0. The van der Waals surface area contributed by atoms with Crippen LogP contribution < -0.4 is 20.3 Å². The molecular weight excluding hydrogens is 396 g/mol. The summed E-state index contributed by atoms with van der Waals surface area (Å²) in [5.41, 5.74) is 1.13. The van der Waals surface area contributed by atoms with Crippen molar-refractivity contribution in [3.63, 3.8) is 0 Å². The van der Waals surface area contributed by atoms with Gasteiger partial charge in [-0.1, -0.05) is 17.3 Å². The van der Waals surface area contributed by atoms with Gasteiger partial charge in [-0.15, -0.1) is 0 Å². The summed E-state index contributed by atoms with van der Waals surface area (Å²) < 4.78 is 16.4. The molecule has 9 heteroatoms. The van der Waals surface area contributed by atoms with Gasteiger partial charge in [0, 0.05) is 32.3 Å². The minimum atomic E-state index is -0.193. The van der Waals surface area contributed by atoms with Crippen molar-refractivity contribution < 1.29 is 14.0 Å². The Morgan fingerprint density at radius 3 is 2.97 bits per heavy atom. The van der Waals surface area contributed by atoms with E-state index in [4.69, 9.17) is 14.0 Å². The molecule has 1 aromatic heterocycles. The lowest BCUT2D eigenvalue weighted by atomic mass is 10.0. The van der Waals surface area contributed by atoms with Gasteiger partial charge < -0.3 is 29.5 Å². The Morgan fingerprint density at radius 1 is 1.35 bits per heavy atom. The number of aliphatic imine (C=N–C) groups is 1. The van der Waals surface area contributed by atoms with Crippen molar-refractivity contribution in [1.82, 2.24) is 20.8 Å². The predicted molar refractivity (Wildman–Crippen MR) is 121 cm³/mol. The number of rotatable bonds is 9. The summed E-state index contributed by atoms with van der Waals surface area (Å²) >= 11 is 0. The number of nitrogens with one attached hydrogen (secondary N) is 2. The zero-order chi connectivity index (χ0) is 22.1. The molecule has 9 nitrogen and oxygen atoms in total. The maximum atomic E-state index is 5.54. The standard InChI is InChI=1S/C22H34N6O3/c1-5-23-22(24-14-20-26-21(27-31-20)16(3)30-6-2)25-17-10-9-13-28(15-17)18-11-7-8-12-19(18)29-4/h7-8,11-12,16-17H,5-6,9-10,13-15H2,1-4H3,(H2,23,24,25). The maximum Gasteiger partial charge on any atom is 0.248 e. The van der Waals surface area contributed by atoms with E-state index in [1.807, 2.05) is 39.0 Å². The lowest BCUT2D eigenvalue weighted by Crippen LogP contribution is -2.51. The van der Waals surface area contributed by atoms with Gasteiger partial charge in [-0.25, -0.2) is 4.99 Å². The fraction of sp³-hybridized carbons (Fsp3) is 0.591. The topological polar surface area (TPSA) is 97.0 Å². The molecule has 1 aliphatic rings. The molecule has 0 bridgehead atoms. The molecule has 0 amide bonds. The van der Waals surface area contributed by atoms with Gasteiger partial charge in [-0.3, -0.25) is 0 Å². The summed E-state index contributed by atoms with van der Waals surface area (Å²) in [6, 6.07) is 8.43. The second-order valence-corrected chi connectivity index (χ2v) is 7.44. The number of ether oxygens (including phenoxy) is 2. The third-order valence-electron chi connectivity index (χ3n) is 5.17. The first kappa shape index (κ1) is 22.9. The van der Waals surface area contributed by atoms with E-state index in [9.17, 15) is 0 Å². The van der Waals surface area contributed by atoms with E-state index in [1.165, 1.54) is 0 Å². The highest BCUT2D eigenvalue weighted by molar-refractivity contribution is 5.80. The van der Waals surface area contributed by atoms with E-state index in [0.29, 0.717) is 24.9 Å². The number of piperidine rings is 1. The van der Waals surface area contributed by atoms with E-state index in [-0.39, 0.29) is 12.1 Å². The second kappa shape index (κ2) is 11.5. The van der Waals surface area contributed by atoms with E-state index in [0.717, 1.165) is 49.9 Å². The summed E-state index contributed by atoms with van der Waals surface area (Å²) in [5.74, 6) is 2.66. The SMILES string of the molecule is CCNC(=NCc1nc(C(C)OCC)no1)NC1CCCN(c2ccccc2OC)C1. The van der Waals surface area contributed by atoms with Crippen molar-refractivity contribution in [2.45, 2.75) is 52.3 Å². The summed E-state index contributed by atoms with van der Waals surface area (Å²) in [6.45, 7) is 9.46. The van der Waals surface area contributed by atoms with Crippen molar-refractivity contribution in [3.05, 3.63) is 36.0 Å². The smallest absolute Gasteiger partial charge is 0.248 e. The van der Waals surface area contributed by atoms with Crippen molar-refractivity contribution in [1.29, 1.82) is 0 Å². The lowest BCUT2D eigenvalue weighted by molar-refractivity contribution is 0.0683. The summed E-state index contributed by atoms with van der Waals surface area (Å²) in [7, 11) is 1.71. The van der Waals surface area contributed by atoms with Gasteiger partial charge in [-0.05, 0) is 45.7 Å². The van der Waals surface area contributed by atoms with Crippen LogP contribution in [0.3, 0.4) is 0 Å². The highest BCUT2D eigenvalue weighted by Gasteiger charge is 2.23. The maximum absolute atomic E-state index is 5.54. The van der Waals surface area contributed by atoms with E-state index in [1.54, 1.807) is 7.11 Å². The van der Waals surface area contributed by atoms with Gasteiger partial charge in [0.2, 0.25) is 5.89 Å². The molecule has 1 aliphatic heterocycles. The van der Waals surface area contributed by atoms with Crippen LogP contribution in [0, 0.1) is 0 Å². The number of para-hydroxylation sites is 2. The molecule has 1 aromatic carbocycles. The van der Waals surface area contributed by atoms with Gasteiger partial charge in [0.15, 0.2) is 11.8 Å². The molecule has 2 unspecified atom stereocenters. The van der Waals surface area contributed by atoms with Crippen molar-refractivity contribution in [3.8, 4) is 5.75 Å². The number of hydrogen-bond acceptors (Lipinski definition) is 7. The van der Waals surface area contributed by atoms with Crippen molar-refractivity contribution in [2.24, 2.45) is 4.99 Å². The zero-order valence-corrected chi connectivity index (χ0v) is 18.9. The number of benzene rings is 1. The summed E-state index contributed by atoms with van der Waals surface area (Å²) in [5, 5.41) is 10.9. The van der Waals surface area contributed by atoms with E-state index < -0.39 is 0 Å². The van der Waals surface area contributed by atoms with Crippen LogP contribution in [0.15, 0.2) is 33.8 Å². The molecular formula is C22H34N6O3. The molecule has 0 saturated carbocycles. The van der Waals surface area contributed by atoms with Crippen LogP contribution in [0.2, 0.25) is 0 Å². The fourth-order valence-electron chi connectivity index (χ4n) is 3.69. The van der Waals surface area contributed by atoms with Crippen LogP contribution in [0.25, 0.3) is 0 Å². The van der Waals surface area contributed by atoms with Gasteiger partial charge >= 0.3 is 0 Å². The largest absolute Gasteiger partial charge is 0.495 e. The molecule has 31 heavy (non-hydrogen) atoms. The van der Waals surface area contributed by atoms with Crippen LogP contribution >= 0.6 is 0 Å². The number of anilines is 1. The quantitative estimate of drug-likeness (QED) is 0.463. The van der Waals surface area contributed by atoms with Gasteiger partial charge in [0.1, 0.15) is 18.4 Å². The molecule has 170 valence electrons. The molecule has 2 aromatic rings. The predicted octanol–water partition coefficient (Wildman–Crippen LogP) is 2.90. The molecule has 0 spiro atoms. The van der Waals surface area contributed by atoms with Crippen LogP contribution in [0.1, 0.15) is 51.4 Å². The van der Waals surface area contributed by atoms with Crippen LogP contribution in [0.5, 0.6) is 5.75 Å². The number of hydrogen-bond donors (Lipinski definition) is 2. The van der Waals surface area contributed by atoms with E-state index in [2.05, 4.69) is 36.7 Å². The van der Waals surface area contributed by atoms with Crippen molar-refractivity contribution in [2.75, 3.05) is 38.3 Å². The first-order valence-electron chi connectivity index (χ1n) is 11.0. The van der Waals surface area contributed by atoms with Gasteiger partial charge in [0.25, 0.3) is 0 Å². The van der Waals surface area contributed by atoms with Gasteiger partial charge in [0.05, 0.1) is 12.8 Å². The number of methoxy groups -OCH3 is 1. The first-order chi connectivity index (χ1) is 15.1. The minimum absolute atomic E-state index is 0.193. The highest BCUT2D eigenvalue weighted by Crippen LogP contribution is 2.29. The third kappa shape index (κ3) is 6.33. The number of nitrogens with zero attached hydrogens (tertiary/aromatic N) is 4. The average Bonchev–Trinajstić information content (AvgIpc) is 3.27. The Morgan fingerprint density at radius 2 is 2.19 bits per heavy atom. The Labute approximate surface area is 184 Å². The molecule has 2 N–H and O–H groups in total. The Balaban J connectivity index is 1.62. The van der Waals surface area contributed by atoms with Crippen molar-refractivity contribution >= 4 is 11.6 Å². The molecule has 3 rings (SSSR count).